The highest BCUT2D eigenvalue weighted by atomic mass is 32.1. The Morgan fingerprint density at radius 2 is 0.787 bits per heavy atom. The summed E-state index contributed by atoms with van der Waals surface area (Å²) in [7, 11) is 0. The number of benzene rings is 10. The molecule has 0 N–H and O–H groups in total. The van der Waals surface area contributed by atoms with Crippen molar-refractivity contribution in [2.24, 2.45) is 0 Å². The topological polar surface area (TPSA) is 38.7 Å². The maximum atomic E-state index is 5.17. The van der Waals surface area contributed by atoms with Crippen LogP contribution in [0, 0.1) is 0 Å². The summed E-state index contributed by atoms with van der Waals surface area (Å²) in [5.41, 5.74) is 9.88. The van der Waals surface area contributed by atoms with Crippen LogP contribution in [0.15, 0.2) is 212 Å². The van der Waals surface area contributed by atoms with Crippen molar-refractivity contribution < 1.29 is 0 Å². The van der Waals surface area contributed by atoms with Crippen molar-refractivity contribution in [3.05, 3.63) is 212 Å². The van der Waals surface area contributed by atoms with E-state index in [-0.39, 0.29) is 0 Å². The van der Waals surface area contributed by atoms with Gasteiger partial charge >= 0.3 is 0 Å². The molecule has 2 heterocycles. The lowest BCUT2D eigenvalue weighted by Crippen LogP contribution is -2.00. The van der Waals surface area contributed by atoms with Crippen molar-refractivity contribution in [1.29, 1.82) is 0 Å². The van der Waals surface area contributed by atoms with Crippen molar-refractivity contribution >= 4 is 63.8 Å². The molecule has 12 rings (SSSR count). The second kappa shape index (κ2) is 14.5. The Balaban J connectivity index is 0.972. The first-order valence-electron chi connectivity index (χ1n) is 20.6. The SMILES string of the molecule is c1ccc(-c2ccc(-c3nc(-c4ccc(-c5c6ccccc6cc6c5ccc5ccccc56)cc4)nc(-c4ccc(-c5cccc6sc7ccccc7c56)cc4)n3)cc2)cc1. The van der Waals surface area contributed by atoms with Crippen LogP contribution in [0.1, 0.15) is 0 Å². The van der Waals surface area contributed by atoms with Gasteiger partial charge in [-0.2, -0.15) is 0 Å². The van der Waals surface area contributed by atoms with E-state index >= 15 is 0 Å². The molecule has 0 aliphatic heterocycles. The first kappa shape index (κ1) is 35.2. The van der Waals surface area contributed by atoms with Crippen molar-refractivity contribution in [2.45, 2.75) is 0 Å². The summed E-state index contributed by atoms with van der Waals surface area (Å²) in [5, 5.41) is 10.0. The second-order valence-corrected chi connectivity index (χ2v) is 16.6. The van der Waals surface area contributed by atoms with Gasteiger partial charge in [0.05, 0.1) is 0 Å². The normalized spacial score (nSPS) is 11.6. The lowest BCUT2D eigenvalue weighted by atomic mass is 9.89. The third kappa shape index (κ3) is 6.16. The summed E-state index contributed by atoms with van der Waals surface area (Å²) >= 11 is 1.84. The first-order chi connectivity index (χ1) is 30.2. The molecule has 0 bridgehead atoms. The molecule has 4 heteroatoms. The minimum Gasteiger partial charge on any atom is -0.208 e. The van der Waals surface area contributed by atoms with Gasteiger partial charge in [-0.05, 0) is 83.9 Å². The zero-order valence-corrected chi connectivity index (χ0v) is 33.8. The summed E-state index contributed by atoms with van der Waals surface area (Å²) in [6, 6.07) is 75.8. The van der Waals surface area contributed by atoms with Crippen molar-refractivity contribution in [3.63, 3.8) is 0 Å². The molecule has 2 aromatic heterocycles. The number of thiophene rings is 1. The Hall–Kier alpha value is -7.79. The molecule has 0 aliphatic rings. The smallest absolute Gasteiger partial charge is 0.164 e. The van der Waals surface area contributed by atoms with E-state index in [0.29, 0.717) is 17.5 Å². The molecule has 0 fully saturated rings. The molecule has 0 unspecified atom stereocenters. The van der Waals surface area contributed by atoms with Gasteiger partial charge in [0.15, 0.2) is 17.5 Å². The maximum Gasteiger partial charge on any atom is 0.164 e. The highest BCUT2D eigenvalue weighted by Gasteiger charge is 2.17. The van der Waals surface area contributed by atoms with E-state index in [4.69, 9.17) is 15.0 Å². The van der Waals surface area contributed by atoms with Crippen molar-refractivity contribution in [2.75, 3.05) is 0 Å². The zero-order valence-electron chi connectivity index (χ0n) is 33.0. The number of rotatable bonds is 6. The van der Waals surface area contributed by atoms with Crippen LogP contribution in [-0.4, -0.2) is 15.0 Å². The lowest BCUT2D eigenvalue weighted by Gasteiger charge is -2.14. The fourth-order valence-corrected chi connectivity index (χ4v) is 10.1. The van der Waals surface area contributed by atoms with Crippen LogP contribution in [-0.2, 0) is 0 Å². The second-order valence-electron chi connectivity index (χ2n) is 15.5. The van der Waals surface area contributed by atoms with Crippen molar-refractivity contribution in [3.8, 4) is 67.5 Å². The summed E-state index contributed by atoms with van der Waals surface area (Å²) in [6.07, 6.45) is 0. The first-order valence-corrected chi connectivity index (χ1v) is 21.4. The molecule has 0 aliphatic carbocycles. The van der Waals surface area contributed by atoms with Gasteiger partial charge in [0.25, 0.3) is 0 Å². The third-order valence-corrected chi connectivity index (χ3v) is 13.1. The number of fused-ring (bicyclic) bond motifs is 7. The van der Waals surface area contributed by atoms with Crippen LogP contribution < -0.4 is 0 Å². The van der Waals surface area contributed by atoms with Gasteiger partial charge in [-0.15, -0.1) is 11.3 Å². The molecule has 0 atom stereocenters. The summed E-state index contributed by atoms with van der Waals surface area (Å²) in [6.45, 7) is 0. The molecule has 0 saturated heterocycles. The van der Waals surface area contributed by atoms with Crippen LogP contribution in [0.25, 0.3) is 120 Å². The molecular formula is C57H35N3S. The van der Waals surface area contributed by atoms with Crippen LogP contribution in [0.3, 0.4) is 0 Å². The van der Waals surface area contributed by atoms with Gasteiger partial charge in [0.1, 0.15) is 0 Å². The predicted molar refractivity (Wildman–Crippen MR) is 258 cm³/mol. The molecule has 0 spiro atoms. The van der Waals surface area contributed by atoms with E-state index in [0.717, 1.165) is 33.4 Å². The fraction of sp³-hybridized carbons (Fsp3) is 0. The molecule has 61 heavy (non-hydrogen) atoms. The fourth-order valence-electron chi connectivity index (χ4n) is 8.94. The Bertz CT molecular complexity index is 3610. The summed E-state index contributed by atoms with van der Waals surface area (Å²) < 4.78 is 2.59. The van der Waals surface area contributed by atoms with Gasteiger partial charge in [-0.3, -0.25) is 0 Å². The van der Waals surface area contributed by atoms with E-state index in [2.05, 4.69) is 206 Å². The Morgan fingerprint density at radius 1 is 0.279 bits per heavy atom. The van der Waals surface area contributed by atoms with Crippen LogP contribution in [0.4, 0.5) is 0 Å². The van der Waals surface area contributed by atoms with Gasteiger partial charge < -0.3 is 0 Å². The molecule has 284 valence electrons. The average Bonchev–Trinajstić information content (AvgIpc) is 3.73. The number of nitrogens with zero attached hydrogens (tertiary/aromatic N) is 3. The standard InChI is InChI=1S/C57H35N3S/c1-2-11-36(12-3-1)37-21-27-41(28-22-37)55-58-56(42-29-23-39(24-30-42)46-18-10-20-52-54(46)49-17-8-9-19-51(49)61-52)60-57(59-55)43-31-25-40(26-32-43)53-47-16-7-5-14-44(47)35-50-45-15-6-4-13-38(45)33-34-48(50)53/h1-35H. The zero-order chi connectivity index (χ0) is 40.3. The van der Waals surface area contributed by atoms with E-state index in [1.165, 1.54) is 69.2 Å². The van der Waals surface area contributed by atoms with Gasteiger partial charge in [-0.1, -0.05) is 194 Å². The quantitative estimate of drug-likeness (QED) is 0.124. The number of hydrogen-bond acceptors (Lipinski definition) is 4. The van der Waals surface area contributed by atoms with Crippen LogP contribution in [0.2, 0.25) is 0 Å². The Labute approximate surface area is 356 Å². The maximum absolute atomic E-state index is 5.17. The molecule has 3 nitrogen and oxygen atoms in total. The third-order valence-electron chi connectivity index (χ3n) is 11.9. The average molecular weight is 794 g/mol. The van der Waals surface area contributed by atoms with Crippen LogP contribution >= 0.6 is 11.3 Å². The Kier molecular flexibility index (Phi) is 8.36. The highest BCUT2D eigenvalue weighted by Crippen LogP contribution is 2.42. The highest BCUT2D eigenvalue weighted by molar-refractivity contribution is 7.25. The molecule has 10 aromatic carbocycles. The van der Waals surface area contributed by atoms with Gasteiger partial charge in [-0.25, -0.2) is 15.0 Å². The van der Waals surface area contributed by atoms with Gasteiger partial charge in [0.2, 0.25) is 0 Å². The molecule has 12 aromatic rings. The lowest BCUT2D eigenvalue weighted by molar-refractivity contribution is 1.07. The minimum absolute atomic E-state index is 0.631. The van der Waals surface area contributed by atoms with Crippen molar-refractivity contribution in [1.82, 2.24) is 15.0 Å². The molecular weight excluding hydrogens is 759 g/mol. The largest absolute Gasteiger partial charge is 0.208 e. The number of aromatic nitrogens is 3. The van der Waals surface area contributed by atoms with E-state index < -0.39 is 0 Å². The minimum atomic E-state index is 0.631. The van der Waals surface area contributed by atoms with Crippen LogP contribution in [0.5, 0.6) is 0 Å². The summed E-state index contributed by atoms with van der Waals surface area (Å²) in [4.78, 5) is 15.4. The van der Waals surface area contributed by atoms with E-state index in [1.54, 1.807) is 0 Å². The molecule has 0 radical (unpaired) electrons. The van der Waals surface area contributed by atoms with E-state index in [9.17, 15) is 0 Å². The molecule has 0 saturated carbocycles. The van der Waals surface area contributed by atoms with Gasteiger partial charge in [0, 0.05) is 36.9 Å². The molecule has 0 amide bonds. The summed E-state index contributed by atoms with van der Waals surface area (Å²) in [5.74, 6) is 1.90. The Morgan fingerprint density at radius 3 is 1.48 bits per heavy atom. The van der Waals surface area contributed by atoms with E-state index in [1.807, 2.05) is 17.4 Å². The monoisotopic (exact) mass is 793 g/mol. The predicted octanol–water partition coefficient (Wildman–Crippen LogP) is 15.7. The number of hydrogen-bond donors (Lipinski definition) is 0.